The summed E-state index contributed by atoms with van der Waals surface area (Å²) in [5.41, 5.74) is 0.848. The molecule has 0 spiro atoms. The average Bonchev–Trinajstić information content (AvgIpc) is 2.71. The molecule has 0 saturated heterocycles. The molecule has 0 N–H and O–H groups in total. The van der Waals surface area contributed by atoms with Gasteiger partial charge in [-0.25, -0.2) is 0 Å². The Kier molecular flexibility index (Phi) is 2.78. The molecule has 3 heteroatoms. The van der Waals surface area contributed by atoms with E-state index in [9.17, 15) is 9.59 Å². The van der Waals surface area contributed by atoms with E-state index in [1.54, 1.807) is 0 Å². The van der Waals surface area contributed by atoms with E-state index in [-0.39, 0.29) is 11.6 Å². The summed E-state index contributed by atoms with van der Waals surface area (Å²) < 4.78 is 0.986. The summed E-state index contributed by atoms with van der Waals surface area (Å²) in [4.78, 5) is 23.8. The molecule has 0 unspecified atom stereocenters. The molecule has 2 nitrogen and oxygen atoms in total. The van der Waals surface area contributed by atoms with E-state index in [4.69, 9.17) is 0 Å². The van der Waals surface area contributed by atoms with Crippen molar-refractivity contribution < 1.29 is 9.59 Å². The van der Waals surface area contributed by atoms with Crippen molar-refractivity contribution >= 4 is 38.3 Å². The maximum absolute atomic E-state index is 11.9. The minimum atomic E-state index is -0.553. The molecule has 1 aliphatic rings. The summed E-state index contributed by atoms with van der Waals surface area (Å²) in [5, 5.41) is 2.03. The first-order valence-corrected chi connectivity index (χ1v) is 6.70. The Balaban J connectivity index is 2.27. The van der Waals surface area contributed by atoms with Gasteiger partial charge in [0.2, 0.25) is 0 Å². The second-order valence-electron chi connectivity index (χ2n) is 4.55. The SMILES string of the molecule is O=C1CCC(=O)C1c1ccc(Br)c2ccccc12. The smallest absolute Gasteiger partial charge is 0.148 e. The van der Waals surface area contributed by atoms with Crippen LogP contribution in [0.15, 0.2) is 40.9 Å². The van der Waals surface area contributed by atoms with Crippen molar-refractivity contribution in [1.82, 2.24) is 0 Å². The molecule has 0 amide bonds. The van der Waals surface area contributed by atoms with Crippen molar-refractivity contribution in [3.8, 4) is 0 Å². The topological polar surface area (TPSA) is 34.1 Å². The maximum atomic E-state index is 11.9. The van der Waals surface area contributed by atoms with Crippen molar-refractivity contribution in [1.29, 1.82) is 0 Å². The molecule has 0 radical (unpaired) electrons. The number of rotatable bonds is 1. The standard InChI is InChI=1S/C15H11BrO2/c16-12-6-5-11(9-3-1-2-4-10(9)12)15-13(17)7-8-14(15)18/h1-6,15H,7-8H2. The molecular weight excluding hydrogens is 292 g/mol. The highest BCUT2D eigenvalue weighted by Gasteiger charge is 2.35. The number of hydrogen-bond acceptors (Lipinski definition) is 2. The van der Waals surface area contributed by atoms with Gasteiger partial charge >= 0.3 is 0 Å². The van der Waals surface area contributed by atoms with E-state index in [0.717, 1.165) is 20.8 Å². The third-order valence-corrected chi connectivity index (χ3v) is 4.17. The van der Waals surface area contributed by atoms with Gasteiger partial charge in [-0.15, -0.1) is 0 Å². The Bertz CT molecular complexity index is 645. The second kappa shape index (κ2) is 4.32. The zero-order chi connectivity index (χ0) is 12.7. The van der Waals surface area contributed by atoms with Crippen LogP contribution in [0, 0.1) is 0 Å². The van der Waals surface area contributed by atoms with Gasteiger partial charge in [-0.3, -0.25) is 9.59 Å². The van der Waals surface area contributed by atoms with E-state index in [1.165, 1.54) is 0 Å². The van der Waals surface area contributed by atoms with E-state index < -0.39 is 5.92 Å². The predicted octanol–water partition coefficient (Wildman–Crippen LogP) is 3.62. The summed E-state index contributed by atoms with van der Waals surface area (Å²) >= 11 is 3.50. The van der Waals surface area contributed by atoms with Crippen LogP contribution in [0.4, 0.5) is 0 Å². The van der Waals surface area contributed by atoms with E-state index >= 15 is 0 Å². The van der Waals surface area contributed by atoms with Gasteiger partial charge in [0.15, 0.2) is 0 Å². The van der Waals surface area contributed by atoms with Gasteiger partial charge in [0.1, 0.15) is 17.5 Å². The van der Waals surface area contributed by atoms with Gasteiger partial charge in [0.05, 0.1) is 0 Å². The molecule has 3 rings (SSSR count). The first kappa shape index (κ1) is 11.6. The zero-order valence-corrected chi connectivity index (χ0v) is 11.2. The molecule has 0 aromatic heterocycles. The van der Waals surface area contributed by atoms with Crippen LogP contribution in [-0.2, 0) is 9.59 Å². The summed E-state index contributed by atoms with van der Waals surface area (Å²) in [6, 6.07) is 11.6. The van der Waals surface area contributed by atoms with Crippen LogP contribution in [-0.4, -0.2) is 11.6 Å². The summed E-state index contributed by atoms with van der Waals surface area (Å²) in [7, 11) is 0. The number of halogens is 1. The van der Waals surface area contributed by atoms with E-state index in [0.29, 0.717) is 12.8 Å². The summed E-state index contributed by atoms with van der Waals surface area (Å²) in [6.45, 7) is 0. The fourth-order valence-electron chi connectivity index (χ4n) is 2.60. The second-order valence-corrected chi connectivity index (χ2v) is 5.40. The van der Waals surface area contributed by atoms with Crippen molar-refractivity contribution in [3.05, 3.63) is 46.4 Å². The Labute approximate surface area is 113 Å². The number of carbonyl (C=O) groups is 2. The normalized spacial score (nSPS) is 16.7. The van der Waals surface area contributed by atoms with Gasteiger partial charge in [0, 0.05) is 17.3 Å². The van der Waals surface area contributed by atoms with Gasteiger partial charge in [-0.1, -0.05) is 46.3 Å². The minimum Gasteiger partial charge on any atom is -0.299 e. The third kappa shape index (κ3) is 1.70. The van der Waals surface area contributed by atoms with Crippen LogP contribution in [0.3, 0.4) is 0 Å². The van der Waals surface area contributed by atoms with Crippen molar-refractivity contribution in [3.63, 3.8) is 0 Å². The number of hydrogen-bond donors (Lipinski definition) is 0. The summed E-state index contributed by atoms with van der Waals surface area (Å²) in [6.07, 6.45) is 0.766. The first-order chi connectivity index (χ1) is 8.68. The number of fused-ring (bicyclic) bond motifs is 1. The monoisotopic (exact) mass is 302 g/mol. The number of Topliss-reactive ketones (excluding diaryl/α,β-unsaturated/α-hetero) is 2. The molecule has 2 aromatic rings. The number of ketones is 2. The van der Waals surface area contributed by atoms with Crippen LogP contribution in [0.1, 0.15) is 24.3 Å². The van der Waals surface area contributed by atoms with Crippen LogP contribution in [0.2, 0.25) is 0 Å². The largest absolute Gasteiger partial charge is 0.299 e. The molecule has 2 aromatic carbocycles. The summed E-state index contributed by atoms with van der Waals surface area (Å²) in [5.74, 6) is -0.456. The van der Waals surface area contributed by atoms with E-state index in [1.807, 2.05) is 36.4 Å². The Morgan fingerprint density at radius 1 is 0.889 bits per heavy atom. The molecule has 18 heavy (non-hydrogen) atoms. The first-order valence-electron chi connectivity index (χ1n) is 5.91. The van der Waals surface area contributed by atoms with Gasteiger partial charge < -0.3 is 0 Å². The van der Waals surface area contributed by atoms with Crippen LogP contribution < -0.4 is 0 Å². The number of carbonyl (C=O) groups excluding carboxylic acids is 2. The van der Waals surface area contributed by atoms with Crippen LogP contribution in [0.25, 0.3) is 10.8 Å². The molecule has 1 fully saturated rings. The van der Waals surface area contributed by atoms with Gasteiger partial charge in [-0.05, 0) is 22.4 Å². The minimum absolute atomic E-state index is 0.0486. The predicted molar refractivity (Wildman–Crippen MR) is 73.6 cm³/mol. The number of benzene rings is 2. The van der Waals surface area contributed by atoms with Crippen LogP contribution >= 0.6 is 15.9 Å². The highest BCUT2D eigenvalue weighted by Crippen LogP contribution is 2.35. The lowest BCUT2D eigenvalue weighted by Crippen LogP contribution is -2.12. The molecule has 90 valence electrons. The fraction of sp³-hybridized carbons (Fsp3) is 0.200. The van der Waals surface area contributed by atoms with Crippen molar-refractivity contribution in [2.45, 2.75) is 18.8 Å². The zero-order valence-electron chi connectivity index (χ0n) is 9.65. The lowest BCUT2D eigenvalue weighted by molar-refractivity contribution is -0.123. The van der Waals surface area contributed by atoms with Gasteiger partial charge in [0.25, 0.3) is 0 Å². The molecule has 0 atom stereocenters. The Morgan fingerprint density at radius 3 is 2.17 bits per heavy atom. The van der Waals surface area contributed by atoms with Crippen molar-refractivity contribution in [2.75, 3.05) is 0 Å². The Morgan fingerprint density at radius 2 is 1.50 bits per heavy atom. The van der Waals surface area contributed by atoms with Gasteiger partial charge in [-0.2, -0.15) is 0 Å². The fourth-order valence-corrected chi connectivity index (χ4v) is 3.08. The molecule has 1 aliphatic carbocycles. The highest BCUT2D eigenvalue weighted by molar-refractivity contribution is 9.10. The van der Waals surface area contributed by atoms with E-state index in [2.05, 4.69) is 15.9 Å². The third-order valence-electron chi connectivity index (χ3n) is 3.48. The molecular formula is C15H11BrO2. The molecule has 0 bridgehead atoms. The molecule has 1 saturated carbocycles. The lowest BCUT2D eigenvalue weighted by Gasteiger charge is -2.12. The molecule has 0 heterocycles. The highest BCUT2D eigenvalue weighted by atomic mass is 79.9. The Hall–Kier alpha value is -1.48. The average molecular weight is 303 g/mol. The molecule has 0 aliphatic heterocycles. The maximum Gasteiger partial charge on any atom is 0.148 e. The van der Waals surface area contributed by atoms with Crippen LogP contribution in [0.5, 0.6) is 0 Å². The van der Waals surface area contributed by atoms with Crippen molar-refractivity contribution in [2.24, 2.45) is 0 Å². The lowest BCUT2D eigenvalue weighted by atomic mass is 9.91. The quantitative estimate of drug-likeness (QED) is 0.754.